The topological polar surface area (TPSA) is 64.7 Å². The predicted molar refractivity (Wildman–Crippen MR) is 108 cm³/mol. The van der Waals surface area contributed by atoms with E-state index in [-0.39, 0.29) is 5.91 Å². The van der Waals surface area contributed by atoms with Crippen molar-refractivity contribution in [3.63, 3.8) is 0 Å². The van der Waals surface area contributed by atoms with Crippen LogP contribution in [-0.4, -0.2) is 43.4 Å². The Morgan fingerprint density at radius 2 is 1.78 bits per heavy atom. The van der Waals surface area contributed by atoms with Gasteiger partial charge >= 0.3 is 0 Å². The van der Waals surface area contributed by atoms with Gasteiger partial charge < -0.3 is 20.4 Å². The number of hydrogen-bond acceptors (Lipinski definition) is 4. The van der Waals surface area contributed by atoms with Gasteiger partial charge in [0.25, 0.3) is 5.91 Å². The van der Waals surface area contributed by atoms with Gasteiger partial charge in [0, 0.05) is 55.0 Å². The highest BCUT2D eigenvalue weighted by atomic mass is 16.2. The molecule has 27 heavy (non-hydrogen) atoms. The first kappa shape index (κ1) is 17.1. The number of hydrogen-bond donors (Lipinski definition) is 2. The fraction of sp³-hybridized carbons (Fsp3) is 0.238. The molecular weight excluding hydrogens is 340 g/mol. The highest BCUT2D eigenvalue weighted by molar-refractivity contribution is 6.32. The van der Waals surface area contributed by atoms with Crippen molar-refractivity contribution in [1.82, 2.24) is 4.90 Å². The van der Waals surface area contributed by atoms with E-state index in [2.05, 4.69) is 27.7 Å². The van der Waals surface area contributed by atoms with Gasteiger partial charge in [-0.05, 0) is 42.8 Å². The van der Waals surface area contributed by atoms with E-state index >= 15 is 0 Å². The summed E-state index contributed by atoms with van der Waals surface area (Å²) in [6, 6.07) is 14.0. The number of amides is 2. The van der Waals surface area contributed by atoms with E-state index in [9.17, 15) is 9.59 Å². The maximum absolute atomic E-state index is 12.3. The minimum atomic E-state index is -0.0866. The normalized spacial score (nSPS) is 17.7. The quantitative estimate of drug-likeness (QED) is 0.648. The van der Waals surface area contributed by atoms with Crippen molar-refractivity contribution < 1.29 is 9.59 Å². The Labute approximate surface area is 158 Å². The lowest BCUT2D eigenvalue weighted by Crippen LogP contribution is -2.45. The molecule has 0 spiro atoms. The number of nitrogens with zero attached hydrogens (tertiary/aromatic N) is 2. The van der Waals surface area contributed by atoms with Gasteiger partial charge in [-0.2, -0.15) is 0 Å². The lowest BCUT2D eigenvalue weighted by atomic mass is 10.0. The van der Waals surface area contributed by atoms with E-state index in [4.69, 9.17) is 0 Å². The number of piperazine rings is 1. The van der Waals surface area contributed by atoms with Crippen LogP contribution in [0, 0.1) is 6.92 Å². The first-order valence-electron chi connectivity index (χ1n) is 9.08. The van der Waals surface area contributed by atoms with Gasteiger partial charge in [0.05, 0.1) is 5.57 Å². The van der Waals surface area contributed by atoms with Gasteiger partial charge in [0.15, 0.2) is 0 Å². The van der Waals surface area contributed by atoms with Crippen molar-refractivity contribution >= 4 is 35.0 Å². The molecule has 138 valence electrons. The van der Waals surface area contributed by atoms with Crippen molar-refractivity contribution in [2.24, 2.45) is 0 Å². The number of carbonyl (C=O) groups is 2. The Morgan fingerprint density at radius 3 is 2.48 bits per heavy atom. The summed E-state index contributed by atoms with van der Waals surface area (Å²) in [6.45, 7) is 5.19. The Bertz CT molecular complexity index is 897. The number of nitrogens with one attached hydrogen (secondary N) is 2. The molecule has 0 atom stereocenters. The van der Waals surface area contributed by atoms with Crippen LogP contribution in [0.4, 0.5) is 17.1 Å². The molecule has 2 aliphatic rings. The number of rotatable bonds is 4. The molecule has 4 rings (SSSR count). The fourth-order valence-electron chi connectivity index (χ4n) is 3.58. The zero-order chi connectivity index (χ0) is 18.8. The molecule has 2 heterocycles. The van der Waals surface area contributed by atoms with E-state index in [0.717, 1.165) is 60.8 Å². The number of carbonyl (C=O) groups excluding carboxylic acids is 2. The third-order valence-corrected chi connectivity index (χ3v) is 5.11. The second-order valence-corrected chi connectivity index (χ2v) is 6.83. The number of anilines is 3. The standard InChI is InChI=1S/C21H22N4O2/c1-15-3-2-4-19-20(15)18(21(27)23-19)13-22-16-5-7-17(8-6-16)25-11-9-24(14-26)10-12-25/h2-8,13-14,22H,9-12H2,1H3,(H,23,27). The Kier molecular flexibility index (Phi) is 4.54. The zero-order valence-electron chi connectivity index (χ0n) is 15.2. The summed E-state index contributed by atoms with van der Waals surface area (Å²) in [5, 5.41) is 6.14. The molecule has 2 amide bonds. The monoisotopic (exact) mass is 362 g/mol. The maximum Gasteiger partial charge on any atom is 0.257 e. The molecule has 0 bridgehead atoms. The summed E-state index contributed by atoms with van der Waals surface area (Å²) in [4.78, 5) is 27.1. The average molecular weight is 362 g/mol. The Hall–Kier alpha value is -3.28. The van der Waals surface area contributed by atoms with Gasteiger partial charge in [-0.3, -0.25) is 9.59 Å². The summed E-state index contributed by atoms with van der Waals surface area (Å²) in [5.74, 6) is -0.0866. The molecule has 0 unspecified atom stereocenters. The van der Waals surface area contributed by atoms with Crippen LogP contribution in [0.25, 0.3) is 5.57 Å². The molecule has 2 aromatic rings. The molecule has 1 saturated heterocycles. The van der Waals surface area contributed by atoms with Crippen molar-refractivity contribution in [2.75, 3.05) is 41.7 Å². The molecule has 6 nitrogen and oxygen atoms in total. The van der Waals surface area contributed by atoms with Gasteiger partial charge in [-0.25, -0.2) is 0 Å². The van der Waals surface area contributed by atoms with E-state index < -0.39 is 0 Å². The highest BCUT2D eigenvalue weighted by Crippen LogP contribution is 2.34. The first-order chi connectivity index (χ1) is 13.2. The third kappa shape index (κ3) is 3.38. The third-order valence-electron chi connectivity index (χ3n) is 5.11. The molecule has 0 saturated carbocycles. The van der Waals surface area contributed by atoms with E-state index in [1.54, 1.807) is 11.1 Å². The summed E-state index contributed by atoms with van der Waals surface area (Å²) in [5.41, 5.74) is 5.60. The fourth-order valence-corrected chi connectivity index (χ4v) is 3.58. The molecular formula is C21H22N4O2. The highest BCUT2D eigenvalue weighted by Gasteiger charge is 2.25. The first-order valence-corrected chi connectivity index (χ1v) is 9.08. The number of fused-ring (bicyclic) bond motifs is 1. The molecule has 0 radical (unpaired) electrons. The molecule has 1 fully saturated rings. The van der Waals surface area contributed by atoms with Crippen LogP contribution in [0.5, 0.6) is 0 Å². The minimum absolute atomic E-state index is 0.0866. The van der Waals surface area contributed by atoms with Crippen LogP contribution in [0.3, 0.4) is 0 Å². The lowest BCUT2D eigenvalue weighted by molar-refractivity contribution is -0.118. The Balaban J connectivity index is 1.46. The number of aryl methyl sites for hydroxylation is 1. The van der Waals surface area contributed by atoms with Crippen LogP contribution >= 0.6 is 0 Å². The smallest absolute Gasteiger partial charge is 0.257 e. The van der Waals surface area contributed by atoms with Crippen molar-refractivity contribution in [1.29, 1.82) is 0 Å². The maximum atomic E-state index is 12.3. The van der Waals surface area contributed by atoms with Crippen LogP contribution in [-0.2, 0) is 9.59 Å². The van der Waals surface area contributed by atoms with Crippen LogP contribution < -0.4 is 15.5 Å². The second kappa shape index (κ2) is 7.15. The van der Waals surface area contributed by atoms with Gasteiger partial charge in [-0.1, -0.05) is 12.1 Å². The SMILES string of the molecule is Cc1cccc2c1C(=CNc1ccc(N3CCN(C=O)CC3)cc1)C(=O)N2. The van der Waals surface area contributed by atoms with Crippen LogP contribution in [0.1, 0.15) is 11.1 Å². The van der Waals surface area contributed by atoms with Gasteiger partial charge in [-0.15, -0.1) is 0 Å². The predicted octanol–water partition coefficient (Wildman–Crippen LogP) is 2.68. The molecule has 2 aliphatic heterocycles. The molecule has 6 heteroatoms. The molecule has 0 aromatic heterocycles. The lowest BCUT2D eigenvalue weighted by Gasteiger charge is -2.34. The summed E-state index contributed by atoms with van der Waals surface area (Å²) >= 11 is 0. The Morgan fingerprint density at radius 1 is 1.04 bits per heavy atom. The summed E-state index contributed by atoms with van der Waals surface area (Å²) in [6.07, 6.45) is 2.68. The number of benzene rings is 2. The molecule has 0 aliphatic carbocycles. The summed E-state index contributed by atoms with van der Waals surface area (Å²) < 4.78 is 0. The van der Waals surface area contributed by atoms with Crippen molar-refractivity contribution in [2.45, 2.75) is 6.92 Å². The minimum Gasteiger partial charge on any atom is -0.368 e. The van der Waals surface area contributed by atoms with E-state index in [1.807, 2.05) is 37.3 Å². The largest absolute Gasteiger partial charge is 0.368 e. The van der Waals surface area contributed by atoms with Crippen LogP contribution in [0.2, 0.25) is 0 Å². The zero-order valence-corrected chi connectivity index (χ0v) is 15.2. The van der Waals surface area contributed by atoms with Crippen molar-refractivity contribution in [3.05, 3.63) is 59.8 Å². The van der Waals surface area contributed by atoms with Crippen molar-refractivity contribution in [3.8, 4) is 0 Å². The van der Waals surface area contributed by atoms with E-state index in [0.29, 0.717) is 5.57 Å². The van der Waals surface area contributed by atoms with E-state index in [1.165, 1.54) is 0 Å². The average Bonchev–Trinajstić information content (AvgIpc) is 3.03. The van der Waals surface area contributed by atoms with Gasteiger partial charge in [0.2, 0.25) is 6.41 Å². The summed E-state index contributed by atoms with van der Waals surface area (Å²) in [7, 11) is 0. The van der Waals surface area contributed by atoms with Gasteiger partial charge in [0.1, 0.15) is 0 Å². The van der Waals surface area contributed by atoms with Crippen LogP contribution in [0.15, 0.2) is 48.7 Å². The second-order valence-electron chi connectivity index (χ2n) is 6.83. The molecule has 2 aromatic carbocycles. The molecule has 2 N–H and O–H groups in total.